The molecule has 54 valence electrons. The summed E-state index contributed by atoms with van der Waals surface area (Å²) in [6.45, 7) is 0. The zero-order valence-electron chi connectivity index (χ0n) is 5.88. The van der Waals surface area contributed by atoms with Gasteiger partial charge in [0.05, 0.1) is 17.5 Å². The topological polar surface area (TPSA) is 17.8 Å². The highest BCUT2D eigenvalue weighted by atomic mass is 31.0. The lowest BCUT2D eigenvalue weighted by molar-refractivity contribution is 0.881. The fraction of sp³-hybridized carbons (Fsp3) is 0. The third-order valence-electron chi connectivity index (χ3n) is 1.44. The van der Waals surface area contributed by atoms with Crippen LogP contribution in [0.15, 0.2) is 42.2 Å². The van der Waals surface area contributed by atoms with Gasteiger partial charge in [-0.2, -0.15) is 5.10 Å². The van der Waals surface area contributed by atoms with Crippen LogP contribution in [-0.2, 0) is 0 Å². The van der Waals surface area contributed by atoms with Crippen molar-refractivity contribution in [2.24, 2.45) is 0 Å². The Kier molecular flexibility index (Phi) is 1.70. The van der Waals surface area contributed by atoms with Crippen LogP contribution in [0.1, 0.15) is 0 Å². The number of hydrogen-bond acceptors (Lipinski definition) is 1. The van der Waals surface area contributed by atoms with Gasteiger partial charge in [-0.1, -0.05) is 18.2 Å². The van der Waals surface area contributed by atoms with Gasteiger partial charge in [-0.3, -0.25) is 0 Å². The van der Waals surface area contributed by atoms with Gasteiger partial charge in [-0.05, 0) is 20.3 Å². The van der Waals surface area contributed by atoms with Crippen LogP contribution < -0.4 is 0 Å². The Labute approximate surface area is 66.6 Å². The first-order chi connectivity index (χ1) is 5.47. The molecule has 2 rings (SSSR count). The first kappa shape index (κ1) is 6.56. The van der Waals surface area contributed by atoms with E-state index < -0.39 is 0 Å². The minimum atomic E-state index is 1.12. The Bertz CT molecular complexity index is 315. The molecule has 0 aliphatic heterocycles. The van der Waals surface area contributed by atoms with Crippen molar-refractivity contribution in [3.63, 3.8) is 0 Å². The fourth-order valence-corrected chi connectivity index (χ4v) is 1.47. The highest BCUT2D eigenvalue weighted by Gasteiger charge is 1.90. The molecular formula is C8H7N2P. The lowest BCUT2D eigenvalue weighted by Gasteiger charge is -1.97. The second-order valence-corrected chi connectivity index (χ2v) is 2.94. The van der Waals surface area contributed by atoms with E-state index in [1.54, 1.807) is 0 Å². The van der Waals surface area contributed by atoms with Crippen LogP contribution >= 0.6 is 8.19 Å². The Morgan fingerprint density at radius 2 is 2.00 bits per heavy atom. The third-order valence-corrected chi connectivity index (χ3v) is 2.03. The molecule has 0 amide bonds. The van der Waals surface area contributed by atoms with Crippen LogP contribution in [0.3, 0.4) is 0 Å². The Hall–Kier alpha value is -1.14. The van der Waals surface area contributed by atoms with Crippen LogP contribution in [0.4, 0.5) is 0 Å². The summed E-state index contributed by atoms with van der Waals surface area (Å²) < 4.78 is 1.88. The van der Waals surface area contributed by atoms with Crippen molar-refractivity contribution >= 4 is 8.19 Å². The molecule has 11 heavy (non-hydrogen) atoms. The molecule has 0 radical (unpaired) electrons. The van der Waals surface area contributed by atoms with Crippen molar-refractivity contribution in [3.05, 3.63) is 42.2 Å². The number of aromatic nitrogens is 2. The smallest absolute Gasteiger partial charge is 0.0763 e. The van der Waals surface area contributed by atoms with E-state index in [9.17, 15) is 0 Å². The standard InChI is InChI=1S/C8H7N2P/c1-2-4-8(5-3-1)10-7-11-6-9-10/h1-7H. The molecule has 0 atom stereocenters. The van der Waals surface area contributed by atoms with Gasteiger partial charge in [0.1, 0.15) is 0 Å². The van der Waals surface area contributed by atoms with E-state index in [0.29, 0.717) is 0 Å². The van der Waals surface area contributed by atoms with Crippen molar-refractivity contribution in [2.75, 3.05) is 0 Å². The first-order valence-electron chi connectivity index (χ1n) is 3.37. The van der Waals surface area contributed by atoms with Gasteiger partial charge in [0.2, 0.25) is 0 Å². The zero-order chi connectivity index (χ0) is 7.52. The Morgan fingerprint density at radius 3 is 2.64 bits per heavy atom. The molecule has 3 heteroatoms. The van der Waals surface area contributed by atoms with E-state index in [2.05, 4.69) is 5.10 Å². The molecular weight excluding hydrogens is 155 g/mol. The Balaban J connectivity index is 2.46. The fourth-order valence-electron chi connectivity index (χ4n) is 0.922. The maximum Gasteiger partial charge on any atom is 0.0763 e. The highest BCUT2D eigenvalue weighted by Crippen LogP contribution is 2.08. The summed E-state index contributed by atoms with van der Waals surface area (Å²) in [7, 11) is 1.16. The van der Waals surface area contributed by atoms with Gasteiger partial charge < -0.3 is 0 Å². The zero-order valence-corrected chi connectivity index (χ0v) is 6.78. The molecule has 1 heterocycles. The summed E-state index contributed by atoms with van der Waals surface area (Å²) in [5.74, 6) is 3.89. The lowest BCUT2D eigenvalue weighted by Crippen LogP contribution is -1.91. The second kappa shape index (κ2) is 2.85. The normalized spacial score (nSPS) is 10.5. The molecule has 1 aromatic carbocycles. The molecule has 1 aromatic heterocycles. The van der Waals surface area contributed by atoms with E-state index in [4.69, 9.17) is 0 Å². The van der Waals surface area contributed by atoms with Crippen molar-refractivity contribution in [2.45, 2.75) is 0 Å². The van der Waals surface area contributed by atoms with E-state index in [1.807, 2.05) is 46.9 Å². The summed E-state index contributed by atoms with van der Waals surface area (Å²) in [4.78, 5) is 0. The second-order valence-electron chi connectivity index (χ2n) is 2.18. The number of hydrogen-bond donors (Lipinski definition) is 0. The summed E-state index contributed by atoms with van der Waals surface area (Å²) in [5, 5.41) is 4.15. The van der Waals surface area contributed by atoms with E-state index in [0.717, 1.165) is 13.9 Å². The molecule has 0 spiro atoms. The summed E-state index contributed by atoms with van der Waals surface area (Å²) >= 11 is 0. The van der Waals surface area contributed by atoms with Gasteiger partial charge in [0.15, 0.2) is 0 Å². The average molecular weight is 162 g/mol. The number of para-hydroxylation sites is 1. The monoisotopic (exact) mass is 162 g/mol. The van der Waals surface area contributed by atoms with Crippen LogP contribution in [-0.4, -0.2) is 9.78 Å². The van der Waals surface area contributed by atoms with Crippen molar-refractivity contribution in [3.8, 4) is 5.69 Å². The molecule has 2 aromatic rings. The predicted molar refractivity (Wildman–Crippen MR) is 46.1 cm³/mol. The molecule has 0 unspecified atom stereocenters. The van der Waals surface area contributed by atoms with Gasteiger partial charge in [0.25, 0.3) is 0 Å². The van der Waals surface area contributed by atoms with E-state index in [-0.39, 0.29) is 0 Å². The Morgan fingerprint density at radius 1 is 1.18 bits per heavy atom. The minimum Gasteiger partial charge on any atom is -0.236 e. The molecule has 0 saturated carbocycles. The van der Waals surface area contributed by atoms with Gasteiger partial charge >= 0.3 is 0 Å². The van der Waals surface area contributed by atoms with Gasteiger partial charge in [-0.15, -0.1) is 0 Å². The number of benzene rings is 1. The van der Waals surface area contributed by atoms with Crippen LogP contribution in [0.25, 0.3) is 5.69 Å². The molecule has 0 aliphatic carbocycles. The number of nitrogens with zero attached hydrogens (tertiary/aromatic N) is 2. The van der Waals surface area contributed by atoms with Crippen molar-refractivity contribution in [1.82, 2.24) is 9.78 Å². The molecule has 2 nitrogen and oxygen atoms in total. The van der Waals surface area contributed by atoms with Gasteiger partial charge in [-0.25, -0.2) is 4.68 Å². The summed E-state index contributed by atoms with van der Waals surface area (Å²) in [5.41, 5.74) is 1.12. The van der Waals surface area contributed by atoms with E-state index >= 15 is 0 Å². The maximum absolute atomic E-state index is 4.15. The third kappa shape index (κ3) is 1.31. The van der Waals surface area contributed by atoms with Crippen LogP contribution in [0.5, 0.6) is 0 Å². The molecule has 0 saturated heterocycles. The molecule has 0 N–H and O–H groups in total. The lowest BCUT2D eigenvalue weighted by atomic mass is 10.3. The number of rotatable bonds is 1. The maximum atomic E-state index is 4.15. The minimum absolute atomic E-state index is 1.12. The largest absolute Gasteiger partial charge is 0.236 e. The summed E-state index contributed by atoms with van der Waals surface area (Å²) in [6.07, 6.45) is 0. The molecule has 0 fully saturated rings. The quantitative estimate of drug-likeness (QED) is 0.629. The van der Waals surface area contributed by atoms with Gasteiger partial charge in [0, 0.05) is 0 Å². The van der Waals surface area contributed by atoms with E-state index in [1.165, 1.54) is 0 Å². The first-order valence-corrected chi connectivity index (χ1v) is 4.40. The highest BCUT2D eigenvalue weighted by molar-refractivity contribution is 7.27. The average Bonchev–Trinajstić information content (AvgIpc) is 2.58. The molecule has 0 aliphatic rings. The van der Waals surface area contributed by atoms with Crippen molar-refractivity contribution in [1.29, 1.82) is 0 Å². The molecule has 0 bridgehead atoms. The van der Waals surface area contributed by atoms with Crippen LogP contribution in [0.2, 0.25) is 0 Å². The summed E-state index contributed by atoms with van der Waals surface area (Å²) in [6, 6.07) is 10.1. The SMILES string of the molecule is c1ccc(-n2cpcn2)cc1. The van der Waals surface area contributed by atoms with Crippen molar-refractivity contribution < 1.29 is 0 Å². The van der Waals surface area contributed by atoms with Crippen LogP contribution in [0, 0.1) is 0 Å². The predicted octanol–water partition coefficient (Wildman–Crippen LogP) is 2.45.